The molecule has 53 heavy (non-hydrogen) atoms. The van der Waals surface area contributed by atoms with Crippen LogP contribution in [0.1, 0.15) is 35.0 Å². The average Bonchev–Trinajstić information content (AvgIpc) is 3.85. The second-order valence-corrected chi connectivity index (χ2v) is 14.6. The molecule has 0 fully saturated rings. The van der Waals surface area contributed by atoms with Crippen LogP contribution in [0.15, 0.2) is 72.2 Å². The van der Waals surface area contributed by atoms with Crippen LogP contribution in [0.5, 0.6) is 0 Å². The summed E-state index contributed by atoms with van der Waals surface area (Å²) in [5.41, 5.74) is 3.77. The van der Waals surface area contributed by atoms with Gasteiger partial charge in [-0.15, -0.1) is 34.3 Å². The van der Waals surface area contributed by atoms with Gasteiger partial charge >= 0.3 is 11.5 Å². The van der Waals surface area contributed by atoms with E-state index in [1.807, 2.05) is 74.5 Å². The fourth-order valence-electron chi connectivity index (χ4n) is 4.78. The zero-order chi connectivity index (χ0) is 39.6. The van der Waals surface area contributed by atoms with E-state index in [2.05, 4.69) is 32.2 Å². The van der Waals surface area contributed by atoms with Crippen molar-refractivity contribution in [2.24, 2.45) is 0 Å². The largest absolute Gasteiger partial charge is 0.509 e. The molecule has 0 radical (unpaired) electrons. The number of benzene rings is 2. The molecule has 0 saturated heterocycles. The summed E-state index contributed by atoms with van der Waals surface area (Å²) in [6.07, 6.45) is 0.951. The van der Waals surface area contributed by atoms with Crippen molar-refractivity contribution in [2.45, 2.75) is 39.8 Å². The zero-order valence-electron chi connectivity index (χ0n) is 30.8. The third kappa shape index (κ3) is 10.7. The number of hydrogen-bond donors (Lipinski definition) is 3. The zero-order valence-corrected chi connectivity index (χ0v) is 33.9. The number of aryl methyl sites for hydroxylation is 2. The van der Waals surface area contributed by atoms with Gasteiger partial charge in [-0.25, -0.2) is 14.8 Å². The predicted octanol–water partition coefficient (Wildman–Crippen LogP) is 7.71. The van der Waals surface area contributed by atoms with Gasteiger partial charge in [0.25, 0.3) is 11.8 Å². The number of amides is 4. The summed E-state index contributed by atoms with van der Waals surface area (Å²) >= 11 is 12.6. The van der Waals surface area contributed by atoms with E-state index in [1.54, 1.807) is 42.0 Å². The molecular formula is C37H42Cl2N6O6S2. The minimum absolute atomic E-state index is 0.0722. The Kier molecular flexibility index (Phi) is 15.6. The summed E-state index contributed by atoms with van der Waals surface area (Å²) in [5, 5.41) is 16.8. The molecule has 16 heteroatoms. The second kappa shape index (κ2) is 19.4. The lowest BCUT2D eigenvalue weighted by Gasteiger charge is -2.14. The molecule has 3 N–H and O–H groups in total. The van der Waals surface area contributed by atoms with Crippen molar-refractivity contribution >= 4 is 80.3 Å². The third-order valence-corrected chi connectivity index (χ3v) is 9.86. The van der Waals surface area contributed by atoms with Gasteiger partial charge in [-0.1, -0.05) is 60.7 Å². The van der Waals surface area contributed by atoms with Crippen molar-refractivity contribution in [1.29, 1.82) is 0 Å². The van der Waals surface area contributed by atoms with Crippen molar-refractivity contribution in [3.63, 3.8) is 0 Å². The Morgan fingerprint density at radius 2 is 1.13 bits per heavy atom. The first kappa shape index (κ1) is 42.7. The molecule has 2 unspecified atom stereocenters. The summed E-state index contributed by atoms with van der Waals surface area (Å²) in [5.74, 6) is -0.148. The Bertz CT molecular complexity index is 1990. The standard InChI is InChI=1S/C18H19N3O3S.C15H14N2O2S.C3H6ClNO.CH3Cl/c1-10-15(24-18(23)21(3)4)13(16(22)19-10)14-11(2)25-17(20-14)12-8-6-5-7-9-12;1-8-13(18)11(14(19)16-8)12-9(2)20-15(17-12)10-6-4-3-5-7-10;1-5(2)3(4)6;1-2/h5-10H,1-4H3,(H,19,22);3-8,18H,1-2H3,(H,16,19);1-2H3;1H3. The molecule has 2 aromatic carbocycles. The van der Waals surface area contributed by atoms with Crippen LogP contribution >= 0.6 is 45.9 Å². The van der Waals surface area contributed by atoms with Crippen LogP contribution in [0.25, 0.3) is 32.3 Å². The molecule has 2 aliphatic rings. The van der Waals surface area contributed by atoms with E-state index < -0.39 is 11.5 Å². The topological polar surface area (TPSA) is 154 Å². The summed E-state index contributed by atoms with van der Waals surface area (Å²) in [7, 11) is 6.38. The molecule has 0 saturated carbocycles. The summed E-state index contributed by atoms with van der Waals surface area (Å²) < 4.78 is 5.44. The first-order valence-electron chi connectivity index (χ1n) is 16.1. The molecule has 0 aliphatic carbocycles. The number of nitrogens with zero attached hydrogens (tertiary/aromatic N) is 4. The van der Waals surface area contributed by atoms with Crippen LogP contribution in [0.3, 0.4) is 0 Å². The van der Waals surface area contributed by atoms with Gasteiger partial charge in [0.05, 0.1) is 23.5 Å². The SMILES string of the molecule is CCl.CN(C)C(=O)Cl.Cc1sc(-c2ccccc2)nc1C1=C(O)C(C)NC1=O.Cc1sc(-c2ccccc2)nc1C1=C(OC(=O)N(C)C)C(C)NC1=O. The van der Waals surface area contributed by atoms with Crippen LogP contribution in [-0.4, -0.2) is 94.8 Å². The van der Waals surface area contributed by atoms with Crippen molar-refractivity contribution in [3.05, 3.63) is 93.3 Å². The monoisotopic (exact) mass is 800 g/mol. The Morgan fingerprint density at radius 1 is 0.736 bits per heavy atom. The van der Waals surface area contributed by atoms with E-state index in [0.717, 1.165) is 30.9 Å². The van der Waals surface area contributed by atoms with Gasteiger partial charge in [0.1, 0.15) is 32.7 Å². The minimum atomic E-state index is -0.521. The van der Waals surface area contributed by atoms with E-state index in [1.165, 1.54) is 38.9 Å². The molecule has 12 nitrogen and oxygen atoms in total. The lowest BCUT2D eigenvalue weighted by atomic mass is 10.1. The van der Waals surface area contributed by atoms with Crippen molar-refractivity contribution in [1.82, 2.24) is 30.4 Å². The fraction of sp³-hybridized carbons (Fsp3) is 0.297. The van der Waals surface area contributed by atoms with Crippen LogP contribution in [0.2, 0.25) is 0 Å². The average molecular weight is 802 g/mol. The van der Waals surface area contributed by atoms with Crippen LogP contribution < -0.4 is 10.6 Å². The predicted molar refractivity (Wildman–Crippen MR) is 213 cm³/mol. The van der Waals surface area contributed by atoms with Crippen LogP contribution in [-0.2, 0) is 14.3 Å². The van der Waals surface area contributed by atoms with E-state index in [0.29, 0.717) is 28.3 Å². The molecule has 4 heterocycles. The highest BCUT2D eigenvalue weighted by molar-refractivity contribution is 7.15. The Balaban J connectivity index is 0.000000242. The van der Waals surface area contributed by atoms with Crippen LogP contribution in [0.4, 0.5) is 9.59 Å². The van der Waals surface area contributed by atoms with Gasteiger partial charge in [0.2, 0.25) is 0 Å². The smallest absolute Gasteiger partial charge is 0.414 e. The number of alkyl halides is 1. The Hall–Kier alpha value is -4.76. The van der Waals surface area contributed by atoms with Gasteiger partial charge < -0.3 is 30.3 Å². The quantitative estimate of drug-likeness (QED) is 0.105. The molecule has 2 aromatic heterocycles. The summed E-state index contributed by atoms with van der Waals surface area (Å²) in [6, 6.07) is 18.9. The molecule has 2 aliphatic heterocycles. The first-order chi connectivity index (χ1) is 25.1. The molecule has 0 spiro atoms. The highest BCUT2D eigenvalue weighted by Gasteiger charge is 2.36. The number of rotatable bonds is 5. The normalized spacial score (nSPS) is 15.9. The van der Waals surface area contributed by atoms with Gasteiger partial charge in [-0.05, 0) is 39.3 Å². The Labute approximate surface area is 327 Å². The minimum Gasteiger partial charge on any atom is -0.509 e. The van der Waals surface area contributed by atoms with Gasteiger partial charge in [0, 0.05) is 55.5 Å². The molecule has 4 amide bonds. The maximum atomic E-state index is 12.4. The maximum Gasteiger partial charge on any atom is 0.414 e. The lowest BCUT2D eigenvalue weighted by molar-refractivity contribution is -0.116. The second-order valence-electron chi connectivity index (χ2n) is 11.9. The number of carbonyl (C=O) groups is 4. The number of aliphatic hydroxyl groups excluding tert-OH is 1. The van der Waals surface area contributed by atoms with Crippen molar-refractivity contribution in [3.8, 4) is 21.1 Å². The Morgan fingerprint density at radius 3 is 1.51 bits per heavy atom. The third-order valence-electron chi connectivity index (χ3n) is 7.48. The van der Waals surface area contributed by atoms with Gasteiger partial charge in [-0.3, -0.25) is 14.4 Å². The number of hydrogen-bond acceptors (Lipinski definition) is 10. The number of carbonyl (C=O) groups excluding carboxylic acids is 4. The van der Waals surface area contributed by atoms with Gasteiger partial charge in [0.15, 0.2) is 0 Å². The number of nitrogens with one attached hydrogen (secondary N) is 2. The highest BCUT2D eigenvalue weighted by Crippen LogP contribution is 2.36. The maximum absolute atomic E-state index is 12.4. The van der Waals surface area contributed by atoms with E-state index in [4.69, 9.17) is 16.3 Å². The van der Waals surface area contributed by atoms with E-state index in [-0.39, 0.29) is 29.7 Å². The number of aromatic nitrogens is 2. The number of aliphatic hydroxyl groups is 1. The van der Waals surface area contributed by atoms with Gasteiger partial charge in [-0.2, -0.15) is 0 Å². The van der Waals surface area contributed by atoms with Crippen LogP contribution in [0, 0.1) is 13.8 Å². The van der Waals surface area contributed by atoms with E-state index in [9.17, 15) is 24.3 Å². The molecular weight excluding hydrogens is 759 g/mol. The molecule has 4 aromatic rings. The summed E-state index contributed by atoms with van der Waals surface area (Å²) in [6.45, 7) is 7.35. The molecule has 0 bridgehead atoms. The summed E-state index contributed by atoms with van der Waals surface area (Å²) in [4.78, 5) is 59.8. The number of halogens is 2. The lowest BCUT2D eigenvalue weighted by Crippen LogP contribution is -2.29. The molecule has 2 atom stereocenters. The highest BCUT2D eigenvalue weighted by atomic mass is 35.5. The van der Waals surface area contributed by atoms with E-state index >= 15 is 0 Å². The fourth-order valence-corrected chi connectivity index (χ4v) is 6.63. The van der Waals surface area contributed by atoms with Crippen molar-refractivity contribution < 1.29 is 29.0 Å². The number of thiazole rings is 2. The molecule has 282 valence electrons. The number of ether oxygens (including phenoxy) is 1. The molecule has 6 rings (SSSR count). The first-order valence-corrected chi connectivity index (χ1v) is 18.9. The van der Waals surface area contributed by atoms with Crippen molar-refractivity contribution in [2.75, 3.05) is 34.6 Å².